The fourth-order valence-corrected chi connectivity index (χ4v) is 3.84. The molecular weight excluding hydrogens is 376 g/mol. The van der Waals surface area contributed by atoms with E-state index in [1.807, 2.05) is 37.3 Å². The van der Waals surface area contributed by atoms with E-state index >= 15 is 0 Å². The van der Waals surface area contributed by atoms with Gasteiger partial charge in [0.25, 0.3) is 5.69 Å². The van der Waals surface area contributed by atoms with Gasteiger partial charge in [0.15, 0.2) is 5.11 Å². The number of nitrogens with zero attached hydrogens (tertiary/aromatic N) is 3. The molecule has 0 aliphatic carbocycles. The van der Waals surface area contributed by atoms with E-state index in [1.165, 1.54) is 12.1 Å². The second-order valence-corrected chi connectivity index (χ2v) is 6.81. The molecule has 2 atom stereocenters. The van der Waals surface area contributed by atoms with Crippen LogP contribution in [0.4, 0.5) is 5.69 Å². The predicted octanol–water partition coefficient (Wildman–Crippen LogP) is 4.24. The van der Waals surface area contributed by atoms with Crippen LogP contribution in [0.3, 0.4) is 0 Å². The Labute approximate surface area is 167 Å². The van der Waals surface area contributed by atoms with Crippen LogP contribution in [-0.2, 0) is 0 Å². The van der Waals surface area contributed by atoms with Gasteiger partial charge in [0, 0.05) is 30.4 Å². The van der Waals surface area contributed by atoms with E-state index in [0.717, 1.165) is 23.6 Å². The fourth-order valence-electron chi connectivity index (χ4n) is 3.47. The van der Waals surface area contributed by atoms with Gasteiger partial charge in [-0.1, -0.05) is 6.07 Å². The van der Waals surface area contributed by atoms with Gasteiger partial charge in [0.05, 0.1) is 16.7 Å². The summed E-state index contributed by atoms with van der Waals surface area (Å²) in [5.41, 5.74) is 1.72. The van der Waals surface area contributed by atoms with Crippen LogP contribution in [0, 0.1) is 10.1 Å². The van der Waals surface area contributed by atoms with Gasteiger partial charge in [-0.15, -0.1) is 0 Å². The molecule has 0 amide bonds. The molecule has 0 bridgehead atoms. The summed E-state index contributed by atoms with van der Waals surface area (Å²) in [5, 5.41) is 14.9. The smallest absolute Gasteiger partial charge is 0.269 e. The van der Waals surface area contributed by atoms with Gasteiger partial charge in [0.1, 0.15) is 17.6 Å². The summed E-state index contributed by atoms with van der Waals surface area (Å²) in [5.74, 6) is 1.41. The molecule has 1 fully saturated rings. The maximum atomic E-state index is 10.8. The van der Waals surface area contributed by atoms with Crippen LogP contribution in [0.1, 0.15) is 30.5 Å². The Balaban J connectivity index is 1.68. The molecule has 4 rings (SSSR count). The largest absolute Gasteiger partial charge is 0.459 e. The standard InChI is InChI=1S/C20H18N4O3S/c1-2-23-19(18(22-20(23)28)15-5-3-4-12-21-15)17-11-10-16(27-17)13-6-8-14(9-7-13)24(25)26/h3-12,18-19H,2H2,1H3,(H,22,28)/t18-,19-/m1/s1. The molecule has 1 N–H and O–H groups in total. The summed E-state index contributed by atoms with van der Waals surface area (Å²) in [6, 6.07) is 15.7. The summed E-state index contributed by atoms with van der Waals surface area (Å²) in [6.45, 7) is 2.77. The highest BCUT2D eigenvalue weighted by Gasteiger charge is 2.40. The van der Waals surface area contributed by atoms with E-state index < -0.39 is 4.92 Å². The lowest BCUT2D eigenvalue weighted by Crippen LogP contribution is -2.29. The Kier molecular flexibility index (Phi) is 4.79. The minimum absolute atomic E-state index is 0.0493. The fraction of sp³-hybridized carbons (Fsp3) is 0.200. The van der Waals surface area contributed by atoms with E-state index in [-0.39, 0.29) is 17.8 Å². The molecule has 28 heavy (non-hydrogen) atoms. The van der Waals surface area contributed by atoms with Gasteiger partial charge in [-0.3, -0.25) is 15.1 Å². The molecule has 0 unspecified atom stereocenters. The number of furan rings is 1. The number of nitro groups is 1. The zero-order valence-electron chi connectivity index (χ0n) is 15.1. The van der Waals surface area contributed by atoms with Crippen LogP contribution >= 0.6 is 12.2 Å². The maximum Gasteiger partial charge on any atom is 0.269 e. The molecule has 0 spiro atoms. The van der Waals surface area contributed by atoms with Crippen LogP contribution in [0.2, 0.25) is 0 Å². The van der Waals surface area contributed by atoms with Crippen LogP contribution < -0.4 is 5.32 Å². The Hall–Kier alpha value is -3.26. The second kappa shape index (κ2) is 7.40. The third-order valence-electron chi connectivity index (χ3n) is 4.82. The quantitative estimate of drug-likeness (QED) is 0.393. The number of likely N-dealkylation sites (N-methyl/N-ethyl adjacent to an activating group) is 1. The Bertz CT molecular complexity index is 1000. The molecule has 142 valence electrons. The second-order valence-electron chi connectivity index (χ2n) is 6.42. The highest BCUT2D eigenvalue weighted by Crippen LogP contribution is 2.40. The highest BCUT2D eigenvalue weighted by atomic mass is 32.1. The van der Waals surface area contributed by atoms with Crippen molar-refractivity contribution in [3.8, 4) is 11.3 Å². The third kappa shape index (κ3) is 3.22. The zero-order valence-corrected chi connectivity index (χ0v) is 15.9. The first-order chi connectivity index (χ1) is 13.6. The number of thiocarbonyl (C=S) groups is 1. The van der Waals surface area contributed by atoms with Crippen molar-refractivity contribution < 1.29 is 9.34 Å². The van der Waals surface area contributed by atoms with Gasteiger partial charge >= 0.3 is 0 Å². The van der Waals surface area contributed by atoms with Crippen molar-refractivity contribution in [3.63, 3.8) is 0 Å². The number of rotatable bonds is 5. The molecule has 7 nitrogen and oxygen atoms in total. The number of pyridine rings is 1. The van der Waals surface area contributed by atoms with E-state index in [0.29, 0.717) is 10.9 Å². The molecule has 1 aliphatic heterocycles. The van der Waals surface area contributed by atoms with Crippen LogP contribution in [0.5, 0.6) is 0 Å². The Morgan fingerprint density at radius 1 is 1.21 bits per heavy atom. The molecular formula is C20H18N4O3S. The van der Waals surface area contributed by atoms with E-state index in [1.54, 1.807) is 18.3 Å². The topological polar surface area (TPSA) is 84.4 Å². The lowest BCUT2D eigenvalue weighted by atomic mass is 10.0. The average molecular weight is 394 g/mol. The lowest BCUT2D eigenvalue weighted by Gasteiger charge is -2.24. The zero-order chi connectivity index (χ0) is 19.7. The van der Waals surface area contributed by atoms with Crippen molar-refractivity contribution in [2.24, 2.45) is 0 Å². The summed E-state index contributed by atoms with van der Waals surface area (Å²) in [7, 11) is 0. The number of nitrogens with one attached hydrogen (secondary N) is 1. The Morgan fingerprint density at radius 2 is 2.00 bits per heavy atom. The number of hydrogen-bond donors (Lipinski definition) is 1. The van der Waals surface area contributed by atoms with Crippen molar-refractivity contribution in [1.82, 2.24) is 15.2 Å². The molecule has 1 aromatic carbocycles. The first-order valence-electron chi connectivity index (χ1n) is 8.91. The summed E-state index contributed by atoms with van der Waals surface area (Å²) in [6.07, 6.45) is 1.76. The van der Waals surface area contributed by atoms with E-state index in [9.17, 15) is 10.1 Å². The molecule has 1 aliphatic rings. The van der Waals surface area contributed by atoms with Gasteiger partial charge in [0.2, 0.25) is 0 Å². The minimum atomic E-state index is -0.418. The van der Waals surface area contributed by atoms with Crippen molar-refractivity contribution in [2.45, 2.75) is 19.0 Å². The summed E-state index contributed by atoms with van der Waals surface area (Å²) in [4.78, 5) is 17.0. The van der Waals surface area contributed by atoms with E-state index in [4.69, 9.17) is 16.6 Å². The number of aromatic nitrogens is 1. The number of non-ortho nitro benzene ring substituents is 1. The third-order valence-corrected chi connectivity index (χ3v) is 5.17. The first-order valence-corrected chi connectivity index (χ1v) is 9.32. The van der Waals surface area contributed by atoms with E-state index in [2.05, 4.69) is 15.2 Å². The lowest BCUT2D eigenvalue weighted by molar-refractivity contribution is -0.384. The summed E-state index contributed by atoms with van der Waals surface area (Å²) < 4.78 is 6.15. The predicted molar refractivity (Wildman–Crippen MR) is 109 cm³/mol. The van der Waals surface area contributed by atoms with Crippen molar-refractivity contribution in [2.75, 3.05) is 6.54 Å². The van der Waals surface area contributed by atoms with Crippen molar-refractivity contribution in [3.05, 3.63) is 82.4 Å². The number of hydrogen-bond acceptors (Lipinski definition) is 5. The molecule has 8 heteroatoms. The Morgan fingerprint density at radius 3 is 2.64 bits per heavy atom. The van der Waals surface area contributed by atoms with Crippen LogP contribution in [0.15, 0.2) is 65.2 Å². The van der Waals surface area contributed by atoms with Gasteiger partial charge in [-0.2, -0.15) is 0 Å². The number of nitro benzene ring substituents is 1. The molecule has 0 saturated carbocycles. The molecule has 3 heterocycles. The normalized spacial score (nSPS) is 18.9. The van der Waals surface area contributed by atoms with Crippen LogP contribution in [-0.4, -0.2) is 26.5 Å². The van der Waals surface area contributed by atoms with Crippen molar-refractivity contribution in [1.29, 1.82) is 0 Å². The number of benzene rings is 1. The SMILES string of the molecule is CCN1C(=S)N[C@H](c2ccccn2)[C@H]1c1ccc(-c2ccc([N+](=O)[O-])cc2)o1. The minimum Gasteiger partial charge on any atom is -0.459 e. The van der Waals surface area contributed by atoms with Crippen LogP contribution in [0.25, 0.3) is 11.3 Å². The molecule has 2 aromatic heterocycles. The van der Waals surface area contributed by atoms with Gasteiger partial charge in [-0.25, -0.2) is 0 Å². The van der Waals surface area contributed by atoms with Gasteiger partial charge in [-0.05, 0) is 55.5 Å². The average Bonchev–Trinajstić information content (AvgIpc) is 3.33. The maximum absolute atomic E-state index is 10.8. The molecule has 0 radical (unpaired) electrons. The molecule has 3 aromatic rings. The van der Waals surface area contributed by atoms with Gasteiger partial charge < -0.3 is 14.6 Å². The highest BCUT2D eigenvalue weighted by molar-refractivity contribution is 7.80. The first kappa shape index (κ1) is 18.1. The summed E-state index contributed by atoms with van der Waals surface area (Å²) >= 11 is 5.51. The molecule has 1 saturated heterocycles. The van der Waals surface area contributed by atoms with Crippen molar-refractivity contribution >= 4 is 23.0 Å². The monoisotopic (exact) mass is 394 g/mol.